The molecule has 0 atom stereocenters. The average molecular weight is 241 g/mol. The Morgan fingerprint density at radius 3 is 3.00 bits per heavy atom. The van der Waals surface area contributed by atoms with Crippen molar-refractivity contribution in [3.63, 3.8) is 0 Å². The number of rotatable bonds is 8. The fraction of sp³-hybridized carbons (Fsp3) is 0.500. The highest BCUT2D eigenvalue weighted by Gasteiger charge is 2.10. The number of aromatic nitrogens is 2. The Kier molecular flexibility index (Phi) is 5.91. The maximum Gasteiger partial charge on any atom is 0.339 e. The molecular formula is C10H15N3O4. The average Bonchev–Trinajstić information content (AvgIpc) is 2.34. The Hall–Kier alpha value is -1.73. The molecule has 17 heavy (non-hydrogen) atoms. The van der Waals surface area contributed by atoms with Gasteiger partial charge in [0.05, 0.1) is 19.4 Å². The third-order valence-electron chi connectivity index (χ3n) is 1.94. The first-order valence-corrected chi connectivity index (χ1v) is 5.23. The quantitative estimate of drug-likeness (QED) is 0.549. The van der Waals surface area contributed by atoms with Crippen LogP contribution in [0, 0.1) is 0 Å². The van der Waals surface area contributed by atoms with Crippen LogP contribution in [-0.4, -0.2) is 52.7 Å². The van der Waals surface area contributed by atoms with E-state index in [1.165, 1.54) is 12.3 Å². The number of hydrogen-bond donors (Lipinski definition) is 3. The van der Waals surface area contributed by atoms with E-state index < -0.39 is 5.97 Å². The molecule has 0 aliphatic heterocycles. The lowest BCUT2D eigenvalue weighted by Gasteiger charge is -2.07. The van der Waals surface area contributed by atoms with E-state index in [9.17, 15) is 4.79 Å². The van der Waals surface area contributed by atoms with Gasteiger partial charge in [0.1, 0.15) is 5.56 Å². The van der Waals surface area contributed by atoms with E-state index in [0.29, 0.717) is 26.2 Å². The van der Waals surface area contributed by atoms with Crippen molar-refractivity contribution in [2.24, 2.45) is 0 Å². The first kappa shape index (κ1) is 13.3. The van der Waals surface area contributed by atoms with Gasteiger partial charge in [0.15, 0.2) is 5.82 Å². The van der Waals surface area contributed by atoms with Crippen LogP contribution in [-0.2, 0) is 4.74 Å². The Morgan fingerprint density at radius 2 is 2.29 bits per heavy atom. The summed E-state index contributed by atoms with van der Waals surface area (Å²) in [4.78, 5) is 10.8. The van der Waals surface area contributed by atoms with E-state index in [0.717, 1.165) is 0 Å². The molecule has 0 saturated heterocycles. The first-order valence-electron chi connectivity index (χ1n) is 5.23. The highest BCUT2D eigenvalue weighted by molar-refractivity contribution is 5.92. The van der Waals surface area contributed by atoms with Gasteiger partial charge in [0.25, 0.3) is 0 Å². The number of nitrogens with one attached hydrogen (secondary N) is 1. The van der Waals surface area contributed by atoms with Gasteiger partial charge in [-0.15, -0.1) is 5.10 Å². The van der Waals surface area contributed by atoms with Crippen molar-refractivity contribution >= 4 is 11.8 Å². The van der Waals surface area contributed by atoms with Gasteiger partial charge < -0.3 is 20.3 Å². The molecule has 1 rings (SSSR count). The van der Waals surface area contributed by atoms with Crippen LogP contribution in [0.4, 0.5) is 5.82 Å². The Morgan fingerprint density at radius 1 is 1.47 bits per heavy atom. The number of hydrogen-bond acceptors (Lipinski definition) is 6. The lowest BCUT2D eigenvalue weighted by atomic mass is 10.3. The second-order valence-corrected chi connectivity index (χ2v) is 3.21. The molecule has 0 unspecified atom stereocenters. The van der Waals surface area contributed by atoms with Gasteiger partial charge in [-0.2, -0.15) is 5.10 Å². The zero-order chi connectivity index (χ0) is 12.5. The van der Waals surface area contributed by atoms with E-state index in [4.69, 9.17) is 14.9 Å². The van der Waals surface area contributed by atoms with Crippen LogP contribution >= 0.6 is 0 Å². The van der Waals surface area contributed by atoms with Crippen molar-refractivity contribution in [2.45, 2.75) is 6.42 Å². The third-order valence-corrected chi connectivity index (χ3v) is 1.94. The number of aromatic carboxylic acids is 1. The van der Waals surface area contributed by atoms with E-state index in [1.54, 1.807) is 0 Å². The largest absolute Gasteiger partial charge is 0.478 e. The summed E-state index contributed by atoms with van der Waals surface area (Å²) in [5.74, 6) is -0.791. The fourth-order valence-electron chi connectivity index (χ4n) is 1.18. The molecular weight excluding hydrogens is 226 g/mol. The maximum atomic E-state index is 10.8. The van der Waals surface area contributed by atoms with Gasteiger partial charge in [0, 0.05) is 13.2 Å². The molecule has 0 amide bonds. The van der Waals surface area contributed by atoms with Crippen molar-refractivity contribution in [1.29, 1.82) is 0 Å². The molecule has 1 aromatic rings. The van der Waals surface area contributed by atoms with E-state index in [2.05, 4.69) is 15.5 Å². The molecule has 0 aromatic carbocycles. The predicted octanol–water partition coefficient (Wildman–Crippen LogP) is -0.0143. The second-order valence-electron chi connectivity index (χ2n) is 3.21. The summed E-state index contributed by atoms with van der Waals surface area (Å²) >= 11 is 0. The summed E-state index contributed by atoms with van der Waals surface area (Å²) in [6.07, 6.45) is 2.02. The molecule has 0 fully saturated rings. The summed E-state index contributed by atoms with van der Waals surface area (Å²) in [5.41, 5.74) is 0.0938. The minimum absolute atomic E-state index is 0.000746. The van der Waals surface area contributed by atoms with Crippen LogP contribution in [0.5, 0.6) is 0 Å². The first-order chi connectivity index (χ1) is 8.25. The van der Waals surface area contributed by atoms with Crippen molar-refractivity contribution < 1.29 is 19.7 Å². The van der Waals surface area contributed by atoms with Crippen molar-refractivity contribution in [3.05, 3.63) is 17.8 Å². The molecule has 0 saturated carbocycles. The minimum atomic E-state index is -1.04. The standard InChI is InChI=1S/C10H15N3O4/c14-5-7-17-6-1-3-11-9-8(10(15)16)2-4-12-13-9/h2,4,14H,1,3,5-7H2,(H,11,13)(H,15,16). The fourth-order valence-corrected chi connectivity index (χ4v) is 1.18. The summed E-state index contributed by atoms with van der Waals surface area (Å²) in [7, 11) is 0. The molecule has 7 heteroatoms. The van der Waals surface area contributed by atoms with Gasteiger partial charge in [-0.1, -0.05) is 0 Å². The lowest BCUT2D eigenvalue weighted by molar-refractivity contribution is 0.0697. The Labute approximate surface area is 98.4 Å². The van der Waals surface area contributed by atoms with Crippen LogP contribution in [0.25, 0.3) is 0 Å². The number of ether oxygens (including phenoxy) is 1. The molecule has 3 N–H and O–H groups in total. The number of carboxylic acid groups (broad SMARTS) is 1. The highest BCUT2D eigenvalue weighted by atomic mass is 16.5. The zero-order valence-electron chi connectivity index (χ0n) is 9.30. The van der Waals surface area contributed by atoms with Crippen molar-refractivity contribution in [2.75, 3.05) is 31.7 Å². The molecule has 0 spiro atoms. The van der Waals surface area contributed by atoms with Gasteiger partial charge in [-0.3, -0.25) is 0 Å². The normalized spacial score (nSPS) is 10.2. The summed E-state index contributed by atoms with van der Waals surface area (Å²) in [6.45, 7) is 1.34. The highest BCUT2D eigenvalue weighted by Crippen LogP contribution is 2.09. The monoisotopic (exact) mass is 241 g/mol. The van der Waals surface area contributed by atoms with Crippen LogP contribution in [0.15, 0.2) is 12.3 Å². The van der Waals surface area contributed by atoms with Crippen LogP contribution < -0.4 is 5.32 Å². The lowest BCUT2D eigenvalue weighted by Crippen LogP contribution is -2.12. The van der Waals surface area contributed by atoms with Crippen LogP contribution in [0.3, 0.4) is 0 Å². The number of aliphatic hydroxyl groups excluding tert-OH is 1. The van der Waals surface area contributed by atoms with Crippen LogP contribution in [0.2, 0.25) is 0 Å². The molecule has 1 heterocycles. The summed E-state index contributed by atoms with van der Waals surface area (Å²) in [5, 5.41) is 27.6. The Bertz CT molecular complexity index is 359. The number of anilines is 1. The smallest absolute Gasteiger partial charge is 0.339 e. The van der Waals surface area contributed by atoms with Crippen molar-refractivity contribution in [3.8, 4) is 0 Å². The Balaban J connectivity index is 2.34. The zero-order valence-corrected chi connectivity index (χ0v) is 9.30. The van der Waals surface area contributed by atoms with E-state index in [1.807, 2.05) is 0 Å². The number of nitrogens with zero attached hydrogens (tertiary/aromatic N) is 2. The number of aliphatic hydroxyl groups is 1. The molecule has 7 nitrogen and oxygen atoms in total. The molecule has 0 aliphatic rings. The maximum absolute atomic E-state index is 10.8. The van der Waals surface area contributed by atoms with Crippen LogP contribution in [0.1, 0.15) is 16.8 Å². The van der Waals surface area contributed by atoms with Gasteiger partial charge >= 0.3 is 5.97 Å². The summed E-state index contributed by atoms with van der Waals surface area (Å²) < 4.78 is 5.06. The summed E-state index contributed by atoms with van der Waals surface area (Å²) in [6, 6.07) is 1.39. The third kappa shape index (κ3) is 4.75. The van der Waals surface area contributed by atoms with Gasteiger partial charge in [-0.25, -0.2) is 4.79 Å². The second kappa shape index (κ2) is 7.53. The SMILES string of the molecule is O=C(O)c1ccnnc1NCCCOCCO. The number of carbonyl (C=O) groups is 1. The minimum Gasteiger partial charge on any atom is -0.478 e. The van der Waals surface area contributed by atoms with E-state index >= 15 is 0 Å². The molecule has 0 radical (unpaired) electrons. The molecule has 1 aromatic heterocycles. The van der Waals surface area contributed by atoms with Crippen molar-refractivity contribution in [1.82, 2.24) is 10.2 Å². The molecule has 0 aliphatic carbocycles. The molecule has 0 bridgehead atoms. The van der Waals surface area contributed by atoms with E-state index in [-0.39, 0.29) is 18.0 Å². The van der Waals surface area contributed by atoms with Gasteiger partial charge in [-0.05, 0) is 12.5 Å². The van der Waals surface area contributed by atoms with Gasteiger partial charge in [0.2, 0.25) is 0 Å². The number of carboxylic acids is 1. The topological polar surface area (TPSA) is 105 Å². The predicted molar refractivity (Wildman–Crippen MR) is 60.0 cm³/mol. The molecule has 94 valence electrons.